The Bertz CT molecular complexity index is 1660. The van der Waals surface area contributed by atoms with Gasteiger partial charge in [0.15, 0.2) is 0 Å². The van der Waals surface area contributed by atoms with E-state index in [1.165, 1.54) is 34.2 Å². The Morgan fingerprint density at radius 2 is 1.85 bits per heavy atom. The van der Waals surface area contributed by atoms with E-state index < -0.39 is 0 Å². The minimum atomic E-state index is -0.0376. The van der Waals surface area contributed by atoms with Crippen molar-refractivity contribution in [3.05, 3.63) is 70.2 Å². The molecule has 3 aliphatic rings. The maximum Gasteiger partial charge on any atom is 0.254 e. The predicted molar refractivity (Wildman–Crippen MR) is 164 cm³/mol. The number of likely N-dealkylation sites (tertiary alicyclic amines) is 1. The first-order chi connectivity index (χ1) is 19.9. The maximum atomic E-state index is 13.2. The molecular weight excluding hydrogens is 510 g/mol. The Kier molecular flexibility index (Phi) is 6.55. The van der Waals surface area contributed by atoms with Gasteiger partial charge in [0.25, 0.3) is 5.91 Å². The molecule has 0 unspecified atom stereocenters. The predicted octanol–water partition coefficient (Wildman–Crippen LogP) is 4.98. The fourth-order valence-corrected chi connectivity index (χ4v) is 7.26. The summed E-state index contributed by atoms with van der Waals surface area (Å²) in [5.74, 6) is 1.28. The van der Waals surface area contributed by atoms with Crippen LogP contribution in [0.25, 0.3) is 22.2 Å². The number of anilines is 2. The number of carbonyl (C=O) groups excluding carboxylic acids is 1. The van der Waals surface area contributed by atoms with Gasteiger partial charge in [-0.25, -0.2) is 9.97 Å². The van der Waals surface area contributed by atoms with Gasteiger partial charge in [0.05, 0.1) is 16.9 Å². The molecule has 2 aliphatic heterocycles. The number of amides is 1. The highest BCUT2D eigenvalue weighted by Crippen LogP contribution is 2.42. The van der Waals surface area contributed by atoms with Crippen molar-refractivity contribution in [1.82, 2.24) is 29.7 Å². The van der Waals surface area contributed by atoms with Crippen LogP contribution in [0.15, 0.2) is 36.5 Å². The summed E-state index contributed by atoms with van der Waals surface area (Å²) in [5.41, 5.74) is 11.2. The molecule has 1 saturated heterocycles. The Morgan fingerprint density at radius 1 is 1.02 bits per heavy atom. The number of fused-ring (bicyclic) bond motifs is 4. The first-order valence-electron chi connectivity index (χ1n) is 14.9. The highest BCUT2D eigenvalue weighted by Gasteiger charge is 2.29. The van der Waals surface area contributed by atoms with E-state index in [4.69, 9.17) is 9.97 Å². The zero-order chi connectivity index (χ0) is 28.2. The van der Waals surface area contributed by atoms with E-state index in [9.17, 15) is 4.79 Å². The van der Waals surface area contributed by atoms with Crippen LogP contribution in [0.3, 0.4) is 0 Å². The number of pyridine rings is 2. The van der Waals surface area contributed by atoms with Gasteiger partial charge in [0.1, 0.15) is 11.5 Å². The Labute approximate surface area is 241 Å². The van der Waals surface area contributed by atoms with Crippen LogP contribution < -0.4 is 10.6 Å². The van der Waals surface area contributed by atoms with E-state index in [1.807, 2.05) is 12.3 Å². The van der Waals surface area contributed by atoms with Crippen molar-refractivity contribution in [1.29, 1.82) is 0 Å². The molecule has 4 aromatic rings. The smallest absolute Gasteiger partial charge is 0.254 e. The monoisotopic (exact) mass is 549 g/mol. The first kappa shape index (κ1) is 26.2. The number of aryl methyl sites for hydroxylation is 2. The highest BCUT2D eigenvalue weighted by atomic mass is 16.1. The molecule has 1 aliphatic carbocycles. The molecule has 5 heterocycles. The number of aromatic nitrogens is 3. The van der Waals surface area contributed by atoms with E-state index in [1.54, 1.807) is 0 Å². The molecule has 0 radical (unpaired) electrons. The summed E-state index contributed by atoms with van der Waals surface area (Å²) in [6.07, 6.45) is 7.59. The average Bonchev–Trinajstić information content (AvgIpc) is 3.66. The molecule has 3 aromatic heterocycles. The summed E-state index contributed by atoms with van der Waals surface area (Å²) >= 11 is 0. The molecule has 8 heteroatoms. The Hall–Kier alpha value is -3.75. The highest BCUT2D eigenvalue weighted by molar-refractivity contribution is 6.08. The second kappa shape index (κ2) is 10.3. The first-order valence-corrected chi connectivity index (χ1v) is 14.9. The number of carbonyl (C=O) groups is 1. The molecule has 0 atom stereocenters. The Balaban J connectivity index is 1.27. The van der Waals surface area contributed by atoms with Crippen LogP contribution in [0.4, 0.5) is 11.5 Å². The van der Waals surface area contributed by atoms with Gasteiger partial charge >= 0.3 is 0 Å². The maximum absolute atomic E-state index is 13.2. The van der Waals surface area contributed by atoms with Gasteiger partial charge in [-0.15, -0.1) is 0 Å². The number of hydrogen-bond donors (Lipinski definition) is 2. The van der Waals surface area contributed by atoms with Crippen molar-refractivity contribution >= 4 is 28.4 Å². The van der Waals surface area contributed by atoms with Gasteiger partial charge in [0.2, 0.25) is 0 Å². The third-order valence-electron chi connectivity index (χ3n) is 9.30. The normalized spacial score (nSPS) is 17.3. The summed E-state index contributed by atoms with van der Waals surface area (Å²) in [6.45, 7) is 3.55. The molecule has 0 bridgehead atoms. The van der Waals surface area contributed by atoms with Crippen molar-refractivity contribution in [2.24, 2.45) is 7.05 Å². The van der Waals surface area contributed by atoms with Crippen LogP contribution in [0, 0.1) is 0 Å². The number of benzene rings is 1. The average molecular weight is 550 g/mol. The zero-order valence-corrected chi connectivity index (χ0v) is 24.5. The number of hydrogen-bond acceptors (Lipinski definition) is 6. The molecule has 1 fully saturated rings. The van der Waals surface area contributed by atoms with Crippen LogP contribution >= 0.6 is 0 Å². The molecule has 1 aromatic carbocycles. The van der Waals surface area contributed by atoms with Crippen LogP contribution in [-0.2, 0) is 33.0 Å². The second-order valence-electron chi connectivity index (χ2n) is 12.3. The number of piperidine rings is 1. The quantitative estimate of drug-likeness (QED) is 0.353. The lowest BCUT2D eigenvalue weighted by Gasteiger charge is -2.30. The van der Waals surface area contributed by atoms with Gasteiger partial charge in [0, 0.05) is 37.4 Å². The lowest BCUT2D eigenvalue weighted by Crippen LogP contribution is -2.30. The second-order valence-corrected chi connectivity index (χ2v) is 12.3. The van der Waals surface area contributed by atoms with Gasteiger partial charge in [-0.05, 0) is 118 Å². The van der Waals surface area contributed by atoms with Crippen molar-refractivity contribution in [2.75, 3.05) is 39.5 Å². The summed E-state index contributed by atoms with van der Waals surface area (Å²) in [6, 6.07) is 10.7. The minimum absolute atomic E-state index is 0.0376. The molecule has 7 rings (SSSR count). The summed E-state index contributed by atoms with van der Waals surface area (Å²) in [7, 11) is 8.51. The van der Waals surface area contributed by atoms with Crippen molar-refractivity contribution in [2.45, 2.75) is 51.1 Å². The summed E-state index contributed by atoms with van der Waals surface area (Å²) in [5, 5.41) is 7.86. The molecule has 8 nitrogen and oxygen atoms in total. The third kappa shape index (κ3) is 4.50. The number of nitrogens with zero attached hydrogens (tertiary/aromatic N) is 5. The lowest BCUT2D eigenvalue weighted by atomic mass is 9.88. The standard InChI is InChI=1S/C33H39N7O/c1-38(2)19-27-21(20-13-16-39(3)17-14-20)9-11-29(37-27)36-26-10-8-22(25-18-35-33(41)31(25)26)23-12-15-34-32-30(23)24-6-5-7-28(24)40(32)4/h8-12,15,20H,5-7,13-14,16-19H2,1-4H3,(H,35,41)(H,36,37). The summed E-state index contributed by atoms with van der Waals surface area (Å²) in [4.78, 5) is 27.6. The van der Waals surface area contributed by atoms with Crippen LogP contribution in [0.1, 0.15) is 63.6 Å². The van der Waals surface area contributed by atoms with Gasteiger partial charge in [-0.3, -0.25) is 4.79 Å². The zero-order valence-electron chi connectivity index (χ0n) is 24.5. The summed E-state index contributed by atoms with van der Waals surface area (Å²) < 4.78 is 2.26. The number of nitrogens with one attached hydrogen (secondary N) is 2. The molecule has 41 heavy (non-hydrogen) atoms. The van der Waals surface area contributed by atoms with E-state index in [-0.39, 0.29) is 5.91 Å². The van der Waals surface area contributed by atoms with Crippen molar-refractivity contribution in [3.8, 4) is 11.1 Å². The van der Waals surface area contributed by atoms with Gasteiger partial charge < -0.3 is 25.0 Å². The molecular formula is C33H39N7O. The molecule has 0 spiro atoms. The topological polar surface area (TPSA) is 78.3 Å². The van der Waals surface area contributed by atoms with Crippen LogP contribution in [0.2, 0.25) is 0 Å². The van der Waals surface area contributed by atoms with Gasteiger partial charge in [-0.1, -0.05) is 12.1 Å². The largest absolute Gasteiger partial charge is 0.348 e. The third-order valence-corrected chi connectivity index (χ3v) is 9.30. The molecule has 1 amide bonds. The van der Waals surface area contributed by atoms with Crippen LogP contribution in [0.5, 0.6) is 0 Å². The minimum Gasteiger partial charge on any atom is -0.348 e. The fourth-order valence-electron chi connectivity index (χ4n) is 7.26. The fraction of sp³-hybridized carbons (Fsp3) is 0.424. The molecule has 0 saturated carbocycles. The molecule has 2 N–H and O–H groups in total. The van der Waals surface area contributed by atoms with E-state index in [2.05, 4.69) is 77.5 Å². The van der Waals surface area contributed by atoms with E-state index >= 15 is 0 Å². The number of rotatable bonds is 6. The van der Waals surface area contributed by atoms with E-state index in [0.717, 1.165) is 84.9 Å². The SMILES string of the molecule is CN(C)Cc1nc(Nc2ccc(-c3ccnc4c3c3c(n4C)CCC3)c3c2C(=O)NC3)ccc1C1CCN(C)CC1. The molecule has 212 valence electrons. The lowest BCUT2D eigenvalue weighted by molar-refractivity contribution is 0.0966. The van der Waals surface area contributed by atoms with Gasteiger partial charge in [-0.2, -0.15) is 0 Å². The van der Waals surface area contributed by atoms with E-state index in [0.29, 0.717) is 12.5 Å². The Morgan fingerprint density at radius 3 is 2.66 bits per heavy atom. The van der Waals surface area contributed by atoms with Crippen molar-refractivity contribution in [3.63, 3.8) is 0 Å². The van der Waals surface area contributed by atoms with Crippen LogP contribution in [-0.4, -0.2) is 64.5 Å². The van der Waals surface area contributed by atoms with Crippen molar-refractivity contribution < 1.29 is 4.79 Å².